The molecule has 0 radical (unpaired) electrons. The number of likely N-dealkylation sites (N-methyl/N-ethyl adjacent to an activating group) is 1. The van der Waals surface area contributed by atoms with E-state index >= 15 is 0 Å². The van der Waals surface area contributed by atoms with E-state index in [9.17, 15) is 4.79 Å². The highest BCUT2D eigenvalue weighted by Gasteiger charge is 2.30. The van der Waals surface area contributed by atoms with Crippen molar-refractivity contribution >= 4 is 5.91 Å². The topological polar surface area (TPSA) is 29.5 Å². The van der Waals surface area contributed by atoms with Gasteiger partial charge in [-0.15, -0.1) is 0 Å². The van der Waals surface area contributed by atoms with Gasteiger partial charge < -0.3 is 9.64 Å². The second kappa shape index (κ2) is 3.81. The second-order valence-corrected chi connectivity index (χ2v) is 3.85. The van der Waals surface area contributed by atoms with E-state index in [1.54, 1.807) is 18.1 Å². The fourth-order valence-corrected chi connectivity index (χ4v) is 1.58. The van der Waals surface area contributed by atoms with Gasteiger partial charge in [-0.25, -0.2) is 0 Å². The van der Waals surface area contributed by atoms with Crippen LogP contribution < -0.4 is 0 Å². The van der Waals surface area contributed by atoms with Crippen LogP contribution in [0.4, 0.5) is 0 Å². The SMILES string of the molecule is COC1=CC(=O)N(C)C1CC(C)C. The highest BCUT2D eigenvalue weighted by atomic mass is 16.5. The van der Waals surface area contributed by atoms with Crippen molar-refractivity contribution in [2.24, 2.45) is 5.92 Å². The number of methoxy groups -OCH3 is 1. The van der Waals surface area contributed by atoms with E-state index in [0.717, 1.165) is 12.2 Å². The normalized spacial score (nSPS) is 22.5. The monoisotopic (exact) mass is 183 g/mol. The lowest BCUT2D eigenvalue weighted by Crippen LogP contribution is -2.32. The molecule has 0 aromatic rings. The van der Waals surface area contributed by atoms with Gasteiger partial charge in [0.2, 0.25) is 5.91 Å². The van der Waals surface area contributed by atoms with Gasteiger partial charge in [0.15, 0.2) is 0 Å². The average Bonchev–Trinajstić information content (AvgIpc) is 2.31. The van der Waals surface area contributed by atoms with Crippen molar-refractivity contribution in [3.05, 3.63) is 11.8 Å². The van der Waals surface area contributed by atoms with Gasteiger partial charge in [-0.05, 0) is 12.3 Å². The summed E-state index contributed by atoms with van der Waals surface area (Å²) in [6, 6.07) is 0.137. The number of ether oxygens (including phenoxy) is 1. The molecule has 0 saturated heterocycles. The van der Waals surface area contributed by atoms with Gasteiger partial charge in [0.25, 0.3) is 0 Å². The molecule has 1 amide bonds. The number of hydrogen-bond donors (Lipinski definition) is 0. The lowest BCUT2D eigenvalue weighted by molar-refractivity contribution is -0.125. The lowest BCUT2D eigenvalue weighted by atomic mass is 10.0. The van der Waals surface area contributed by atoms with Crippen molar-refractivity contribution < 1.29 is 9.53 Å². The minimum absolute atomic E-state index is 0.0440. The Morgan fingerprint density at radius 3 is 2.69 bits per heavy atom. The van der Waals surface area contributed by atoms with Crippen molar-refractivity contribution in [3.8, 4) is 0 Å². The maximum Gasteiger partial charge on any atom is 0.250 e. The van der Waals surface area contributed by atoms with Crippen LogP contribution in [0.15, 0.2) is 11.8 Å². The van der Waals surface area contributed by atoms with Crippen LogP contribution in [-0.4, -0.2) is 31.0 Å². The summed E-state index contributed by atoms with van der Waals surface area (Å²) in [4.78, 5) is 13.0. The fraction of sp³-hybridized carbons (Fsp3) is 0.700. The van der Waals surface area contributed by atoms with Crippen LogP contribution in [0.3, 0.4) is 0 Å². The molecular weight excluding hydrogens is 166 g/mol. The van der Waals surface area contributed by atoms with Crippen molar-refractivity contribution in [2.75, 3.05) is 14.2 Å². The van der Waals surface area contributed by atoms with E-state index in [1.807, 2.05) is 7.05 Å². The van der Waals surface area contributed by atoms with E-state index in [2.05, 4.69) is 13.8 Å². The molecule has 3 nitrogen and oxygen atoms in total. The van der Waals surface area contributed by atoms with Crippen LogP contribution in [-0.2, 0) is 9.53 Å². The fourth-order valence-electron chi connectivity index (χ4n) is 1.58. The summed E-state index contributed by atoms with van der Waals surface area (Å²) in [7, 11) is 3.43. The van der Waals surface area contributed by atoms with Crippen LogP contribution >= 0.6 is 0 Å². The van der Waals surface area contributed by atoms with Gasteiger partial charge in [-0.2, -0.15) is 0 Å². The molecule has 1 aliphatic heterocycles. The van der Waals surface area contributed by atoms with Crippen LogP contribution in [0.1, 0.15) is 20.3 Å². The Bertz CT molecular complexity index is 233. The largest absolute Gasteiger partial charge is 0.499 e. The Kier molecular flexibility index (Phi) is 2.96. The Hall–Kier alpha value is -0.990. The Morgan fingerprint density at radius 1 is 1.62 bits per heavy atom. The molecular formula is C10H17NO2. The second-order valence-electron chi connectivity index (χ2n) is 3.85. The number of hydrogen-bond acceptors (Lipinski definition) is 2. The zero-order chi connectivity index (χ0) is 10.0. The molecule has 1 atom stereocenters. The summed E-state index contributed by atoms with van der Waals surface area (Å²) in [6.45, 7) is 4.29. The van der Waals surface area contributed by atoms with Gasteiger partial charge in [0.05, 0.1) is 13.2 Å². The van der Waals surface area contributed by atoms with Gasteiger partial charge in [0, 0.05) is 13.1 Å². The zero-order valence-electron chi connectivity index (χ0n) is 8.70. The minimum atomic E-state index is 0.0440. The number of amides is 1. The Morgan fingerprint density at radius 2 is 2.23 bits per heavy atom. The summed E-state index contributed by atoms with van der Waals surface area (Å²) < 4.78 is 5.16. The molecule has 0 spiro atoms. The molecule has 1 unspecified atom stereocenters. The first-order valence-electron chi connectivity index (χ1n) is 4.58. The van der Waals surface area contributed by atoms with Crippen molar-refractivity contribution in [2.45, 2.75) is 26.3 Å². The van der Waals surface area contributed by atoms with Crippen LogP contribution in [0.25, 0.3) is 0 Å². The third-order valence-electron chi connectivity index (χ3n) is 2.34. The molecule has 0 saturated carbocycles. The molecule has 0 N–H and O–H groups in total. The van der Waals surface area contributed by atoms with Crippen molar-refractivity contribution in [1.29, 1.82) is 0 Å². The van der Waals surface area contributed by atoms with Crippen molar-refractivity contribution in [3.63, 3.8) is 0 Å². The summed E-state index contributed by atoms with van der Waals surface area (Å²) in [6.07, 6.45) is 2.54. The van der Waals surface area contributed by atoms with Crippen LogP contribution in [0.5, 0.6) is 0 Å². The van der Waals surface area contributed by atoms with E-state index in [0.29, 0.717) is 5.92 Å². The first kappa shape index (κ1) is 10.1. The predicted molar refractivity (Wildman–Crippen MR) is 51.1 cm³/mol. The van der Waals surface area contributed by atoms with Crippen molar-refractivity contribution in [1.82, 2.24) is 4.90 Å². The zero-order valence-corrected chi connectivity index (χ0v) is 8.70. The molecule has 0 aromatic carbocycles. The predicted octanol–water partition coefficient (Wildman–Crippen LogP) is 1.40. The Labute approximate surface area is 79.4 Å². The maximum atomic E-state index is 11.3. The molecule has 74 valence electrons. The third-order valence-corrected chi connectivity index (χ3v) is 2.34. The van der Waals surface area contributed by atoms with E-state index in [-0.39, 0.29) is 11.9 Å². The first-order valence-corrected chi connectivity index (χ1v) is 4.58. The van der Waals surface area contributed by atoms with Crippen LogP contribution in [0.2, 0.25) is 0 Å². The molecule has 1 rings (SSSR count). The standard InChI is InChI=1S/C10H17NO2/c1-7(2)5-8-9(13-4)6-10(12)11(8)3/h6-8H,5H2,1-4H3. The number of carbonyl (C=O) groups excluding carboxylic acids is 1. The van der Waals surface area contributed by atoms with Gasteiger partial charge in [-0.1, -0.05) is 13.8 Å². The maximum absolute atomic E-state index is 11.3. The molecule has 1 aliphatic rings. The summed E-state index contributed by atoms with van der Waals surface area (Å²) in [5, 5.41) is 0. The molecule has 0 fully saturated rings. The molecule has 13 heavy (non-hydrogen) atoms. The quantitative estimate of drug-likeness (QED) is 0.662. The number of carbonyl (C=O) groups is 1. The van der Waals surface area contributed by atoms with E-state index in [4.69, 9.17) is 4.74 Å². The summed E-state index contributed by atoms with van der Waals surface area (Å²) in [5.41, 5.74) is 0. The number of nitrogens with zero attached hydrogens (tertiary/aromatic N) is 1. The molecule has 0 aromatic heterocycles. The average molecular weight is 183 g/mol. The van der Waals surface area contributed by atoms with Gasteiger partial charge >= 0.3 is 0 Å². The third kappa shape index (κ3) is 2.02. The van der Waals surface area contributed by atoms with Gasteiger partial charge in [-0.3, -0.25) is 4.79 Å². The summed E-state index contributed by atoms with van der Waals surface area (Å²) >= 11 is 0. The minimum Gasteiger partial charge on any atom is -0.499 e. The van der Waals surface area contributed by atoms with Crippen LogP contribution in [0, 0.1) is 5.92 Å². The molecule has 3 heteroatoms. The Balaban J connectivity index is 2.71. The number of rotatable bonds is 3. The first-order chi connectivity index (χ1) is 6.06. The molecule has 0 bridgehead atoms. The summed E-state index contributed by atoms with van der Waals surface area (Å²) in [5.74, 6) is 1.40. The van der Waals surface area contributed by atoms with Gasteiger partial charge in [0.1, 0.15) is 5.76 Å². The highest BCUT2D eigenvalue weighted by molar-refractivity contribution is 5.91. The highest BCUT2D eigenvalue weighted by Crippen LogP contribution is 2.24. The molecule has 0 aliphatic carbocycles. The van der Waals surface area contributed by atoms with E-state index in [1.165, 1.54) is 0 Å². The van der Waals surface area contributed by atoms with E-state index < -0.39 is 0 Å². The molecule has 1 heterocycles. The lowest BCUT2D eigenvalue weighted by Gasteiger charge is -2.23. The smallest absolute Gasteiger partial charge is 0.250 e.